The Hall–Kier alpha value is -1.37. The largest absolute Gasteiger partial charge is 0.305 e. The normalized spacial score (nSPS) is 10.1. The highest BCUT2D eigenvalue weighted by molar-refractivity contribution is 14.1. The molecule has 0 saturated heterocycles. The lowest BCUT2D eigenvalue weighted by atomic mass is 10.2. The molecule has 1 aromatic heterocycles. The standard InChI is InChI=1S/C11H10IN3O/c1-7-5-10(15-14-7)13-11(16)8-3-2-4-9(12)6-8/h2-6H,1H3,(H2,13,14,15,16). The number of aromatic nitrogens is 2. The molecule has 1 amide bonds. The molecule has 0 fully saturated rings. The van der Waals surface area contributed by atoms with Gasteiger partial charge in [-0.3, -0.25) is 9.89 Å². The third-order valence-electron chi connectivity index (χ3n) is 2.03. The van der Waals surface area contributed by atoms with Crippen LogP contribution in [-0.2, 0) is 0 Å². The molecule has 2 N–H and O–H groups in total. The molecular weight excluding hydrogens is 317 g/mol. The third-order valence-corrected chi connectivity index (χ3v) is 2.71. The van der Waals surface area contributed by atoms with Crippen LogP contribution in [0.1, 0.15) is 16.1 Å². The van der Waals surface area contributed by atoms with E-state index in [0.29, 0.717) is 11.4 Å². The lowest BCUT2D eigenvalue weighted by molar-refractivity contribution is 0.102. The summed E-state index contributed by atoms with van der Waals surface area (Å²) < 4.78 is 1.03. The Bertz CT molecular complexity index is 521. The lowest BCUT2D eigenvalue weighted by Gasteiger charge is -2.01. The molecule has 5 heteroatoms. The van der Waals surface area contributed by atoms with Gasteiger partial charge in [-0.2, -0.15) is 5.10 Å². The predicted molar refractivity (Wildman–Crippen MR) is 70.4 cm³/mol. The summed E-state index contributed by atoms with van der Waals surface area (Å²) in [6.07, 6.45) is 0. The molecule has 0 aliphatic carbocycles. The maximum atomic E-state index is 11.8. The number of amides is 1. The summed E-state index contributed by atoms with van der Waals surface area (Å²) in [6.45, 7) is 1.88. The van der Waals surface area contributed by atoms with Crippen molar-refractivity contribution in [1.29, 1.82) is 0 Å². The molecule has 2 rings (SSSR count). The summed E-state index contributed by atoms with van der Waals surface area (Å²) in [5, 5.41) is 9.44. The Balaban J connectivity index is 2.14. The van der Waals surface area contributed by atoms with Crippen LogP contribution >= 0.6 is 22.6 Å². The number of hydrogen-bond acceptors (Lipinski definition) is 2. The number of aryl methyl sites for hydroxylation is 1. The molecule has 16 heavy (non-hydrogen) atoms. The average Bonchev–Trinajstić information content (AvgIpc) is 2.64. The van der Waals surface area contributed by atoms with E-state index in [2.05, 4.69) is 38.1 Å². The van der Waals surface area contributed by atoms with E-state index in [4.69, 9.17) is 0 Å². The molecule has 0 atom stereocenters. The van der Waals surface area contributed by atoms with Crippen molar-refractivity contribution in [3.8, 4) is 0 Å². The van der Waals surface area contributed by atoms with Gasteiger partial charge in [-0.15, -0.1) is 0 Å². The van der Waals surface area contributed by atoms with Gasteiger partial charge < -0.3 is 5.32 Å². The molecule has 0 aliphatic rings. The topological polar surface area (TPSA) is 57.8 Å². The number of nitrogens with one attached hydrogen (secondary N) is 2. The molecule has 4 nitrogen and oxygen atoms in total. The van der Waals surface area contributed by atoms with Gasteiger partial charge in [0.15, 0.2) is 5.82 Å². The molecular formula is C11H10IN3O. The van der Waals surface area contributed by atoms with E-state index >= 15 is 0 Å². The van der Waals surface area contributed by atoms with Gasteiger partial charge in [-0.05, 0) is 47.7 Å². The van der Waals surface area contributed by atoms with Crippen molar-refractivity contribution in [3.63, 3.8) is 0 Å². The van der Waals surface area contributed by atoms with Crippen LogP contribution in [0, 0.1) is 10.5 Å². The van der Waals surface area contributed by atoms with Crippen molar-refractivity contribution in [3.05, 3.63) is 45.2 Å². The fourth-order valence-corrected chi connectivity index (χ4v) is 1.84. The van der Waals surface area contributed by atoms with Crippen LogP contribution in [0.4, 0.5) is 5.82 Å². The number of hydrogen-bond donors (Lipinski definition) is 2. The molecule has 82 valence electrons. The Morgan fingerprint density at radius 2 is 2.25 bits per heavy atom. The minimum atomic E-state index is -0.148. The molecule has 0 radical (unpaired) electrons. The van der Waals surface area contributed by atoms with E-state index in [0.717, 1.165) is 9.26 Å². The van der Waals surface area contributed by atoms with E-state index in [1.807, 2.05) is 25.1 Å². The SMILES string of the molecule is Cc1cc(NC(=O)c2cccc(I)c2)n[nH]1. The Morgan fingerprint density at radius 1 is 1.44 bits per heavy atom. The van der Waals surface area contributed by atoms with E-state index in [1.165, 1.54) is 0 Å². The Kier molecular flexibility index (Phi) is 3.23. The van der Waals surface area contributed by atoms with Crippen LogP contribution in [0.3, 0.4) is 0 Å². The summed E-state index contributed by atoms with van der Waals surface area (Å²) >= 11 is 2.17. The summed E-state index contributed by atoms with van der Waals surface area (Å²) in [5.41, 5.74) is 1.55. The minimum absolute atomic E-state index is 0.148. The van der Waals surface area contributed by atoms with Gasteiger partial charge in [0.2, 0.25) is 0 Å². The van der Waals surface area contributed by atoms with Crippen LogP contribution < -0.4 is 5.32 Å². The molecule has 0 bridgehead atoms. The molecule has 0 aliphatic heterocycles. The van der Waals surface area contributed by atoms with Crippen molar-refractivity contribution in [2.75, 3.05) is 5.32 Å². The maximum absolute atomic E-state index is 11.8. The van der Waals surface area contributed by atoms with Gasteiger partial charge in [-0.25, -0.2) is 0 Å². The van der Waals surface area contributed by atoms with Gasteiger partial charge in [-0.1, -0.05) is 6.07 Å². The molecule has 0 unspecified atom stereocenters. The van der Waals surface area contributed by atoms with E-state index < -0.39 is 0 Å². The fourth-order valence-electron chi connectivity index (χ4n) is 1.30. The first-order chi connectivity index (χ1) is 7.65. The fraction of sp³-hybridized carbons (Fsp3) is 0.0909. The highest BCUT2D eigenvalue weighted by atomic mass is 127. The quantitative estimate of drug-likeness (QED) is 0.833. The smallest absolute Gasteiger partial charge is 0.256 e. The number of carbonyl (C=O) groups excluding carboxylic acids is 1. The number of nitrogens with zero attached hydrogens (tertiary/aromatic N) is 1. The van der Waals surface area contributed by atoms with Crippen LogP contribution in [0.15, 0.2) is 30.3 Å². The van der Waals surface area contributed by atoms with Gasteiger partial charge in [0.25, 0.3) is 5.91 Å². The summed E-state index contributed by atoms with van der Waals surface area (Å²) in [6, 6.07) is 9.18. The number of rotatable bonds is 2. The number of benzene rings is 1. The van der Waals surface area contributed by atoms with Crippen molar-refractivity contribution in [1.82, 2.24) is 10.2 Å². The molecule has 1 aromatic carbocycles. The highest BCUT2D eigenvalue weighted by Gasteiger charge is 2.07. The van der Waals surface area contributed by atoms with Gasteiger partial charge in [0.05, 0.1) is 0 Å². The van der Waals surface area contributed by atoms with Crippen LogP contribution in [0.2, 0.25) is 0 Å². The van der Waals surface area contributed by atoms with Gasteiger partial charge in [0, 0.05) is 20.9 Å². The number of halogens is 1. The minimum Gasteiger partial charge on any atom is -0.305 e. The zero-order valence-electron chi connectivity index (χ0n) is 8.62. The van der Waals surface area contributed by atoms with Crippen LogP contribution in [0.25, 0.3) is 0 Å². The lowest BCUT2D eigenvalue weighted by Crippen LogP contribution is -2.12. The predicted octanol–water partition coefficient (Wildman–Crippen LogP) is 2.58. The second kappa shape index (κ2) is 4.65. The van der Waals surface area contributed by atoms with Gasteiger partial charge >= 0.3 is 0 Å². The van der Waals surface area contributed by atoms with Crippen molar-refractivity contribution in [2.24, 2.45) is 0 Å². The number of anilines is 1. The molecule has 0 spiro atoms. The molecule has 1 heterocycles. The molecule has 0 saturated carbocycles. The Labute approximate surface area is 107 Å². The molecule has 2 aromatic rings. The van der Waals surface area contributed by atoms with Crippen LogP contribution in [0.5, 0.6) is 0 Å². The van der Waals surface area contributed by atoms with E-state index in [1.54, 1.807) is 12.1 Å². The van der Waals surface area contributed by atoms with Crippen molar-refractivity contribution >= 4 is 34.3 Å². The van der Waals surface area contributed by atoms with E-state index in [9.17, 15) is 4.79 Å². The number of aromatic amines is 1. The Morgan fingerprint density at radius 3 is 2.88 bits per heavy atom. The summed E-state index contributed by atoms with van der Waals surface area (Å²) in [4.78, 5) is 11.8. The number of H-pyrrole nitrogens is 1. The van der Waals surface area contributed by atoms with Crippen molar-refractivity contribution in [2.45, 2.75) is 6.92 Å². The monoisotopic (exact) mass is 327 g/mol. The third kappa shape index (κ3) is 2.60. The number of carbonyl (C=O) groups is 1. The van der Waals surface area contributed by atoms with Crippen molar-refractivity contribution < 1.29 is 4.79 Å². The average molecular weight is 327 g/mol. The zero-order valence-corrected chi connectivity index (χ0v) is 10.8. The second-order valence-electron chi connectivity index (χ2n) is 3.40. The summed E-state index contributed by atoms with van der Waals surface area (Å²) in [5.74, 6) is 0.395. The van der Waals surface area contributed by atoms with Gasteiger partial charge in [0.1, 0.15) is 0 Å². The van der Waals surface area contributed by atoms with Crippen LogP contribution in [-0.4, -0.2) is 16.1 Å². The first-order valence-corrected chi connectivity index (χ1v) is 5.82. The first-order valence-electron chi connectivity index (χ1n) is 4.74. The first kappa shape index (κ1) is 11.1. The maximum Gasteiger partial charge on any atom is 0.256 e. The highest BCUT2D eigenvalue weighted by Crippen LogP contribution is 2.10. The van der Waals surface area contributed by atoms with E-state index in [-0.39, 0.29) is 5.91 Å². The zero-order chi connectivity index (χ0) is 11.5. The second-order valence-corrected chi connectivity index (χ2v) is 4.65. The summed E-state index contributed by atoms with van der Waals surface area (Å²) in [7, 11) is 0.